The monoisotopic (exact) mass is 215 g/mol. The molecule has 0 spiro atoms. The Morgan fingerprint density at radius 2 is 2.12 bits per heavy atom. The smallest absolute Gasteiger partial charge is 0.339 e. The van der Waals surface area contributed by atoms with E-state index in [0.29, 0.717) is 5.56 Å². The van der Waals surface area contributed by atoms with Crippen molar-refractivity contribution in [2.24, 2.45) is 0 Å². The van der Waals surface area contributed by atoms with E-state index in [0.717, 1.165) is 23.0 Å². The Kier molecular flexibility index (Phi) is 2.86. The number of esters is 1. The Hall–Kier alpha value is -1.90. The summed E-state index contributed by atoms with van der Waals surface area (Å²) in [6, 6.07) is 9.58. The molecule has 0 bridgehead atoms. The first-order valence-electron chi connectivity index (χ1n) is 5.23. The van der Waals surface area contributed by atoms with Crippen LogP contribution in [-0.2, 0) is 11.2 Å². The van der Waals surface area contributed by atoms with Crippen molar-refractivity contribution in [3.63, 3.8) is 0 Å². The van der Waals surface area contributed by atoms with E-state index in [9.17, 15) is 4.79 Å². The molecule has 2 aromatic rings. The average Bonchev–Trinajstić information content (AvgIpc) is 2.36. The van der Waals surface area contributed by atoms with E-state index in [-0.39, 0.29) is 5.97 Å². The first-order chi connectivity index (χ1) is 7.76. The third kappa shape index (κ3) is 1.76. The number of fused-ring (bicyclic) bond motifs is 1. The normalized spacial score (nSPS) is 10.4. The maximum absolute atomic E-state index is 11.6. The minimum atomic E-state index is -0.324. The molecule has 1 aromatic heterocycles. The van der Waals surface area contributed by atoms with Gasteiger partial charge in [-0.15, -0.1) is 0 Å². The van der Waals surface area contributed by atoms with Crippen LogP contribution < -0.4 is 0 Å². The van der Waals surface area contributed by atoms with Crippen molar-refractivity contribution in [1.29, 1.82) is 0 Å². The lowest BCUT2D eigenvalue weighted by molar-refractivity contribution is 0.0599. The molecule has 0 atom stereocenters. The molecule has 1 heterocycles. The van der Waals surface area contributed by atoms with Crippen molar-refractivity contribution in [2.75, 3.05) is 7.11 Å². The molecular weight excluding hydrogens is 202 g/mol. The highest BCUT2D eigenvalue weighted by molar-refractivity contribution is 5.95. The molecule has 2 rings (SSSR count). The van der Waals surface area contributed by atoms with E-state index in [4.69, 9.17) is 4.74 Å². The summed E-state index contributed by atoms with van der Waals surface area (Å²) in [5, 5.41) is 0.958. The Balaban J connectivity index is 2.67. The van der Waals surface area contributed by atoms with Gasteiger partial charge in [0, 0.05) is 5.39 Å². The summed E-state index contributed by atoms with van der Waals surface area (Å²) in [7, 11) is 1.39. The molecule has 16 heavy (non-hydrogen) atoms. The highest BCUT2D eigenvalue weighted by Gasteiger charge is 2.12. The summed E-state index contributed by atoms with van der Waals surface area (Å²) < 4.78 is 4.75. The lowest BCUT2D eigenvalue weighted by Gasteiger charge is -2.07. The lowest BCUT2D eigenvalue weighted by atomic mass is 10.1. The van der Waals surface area contributed by atoms with Crippen LogP contribution >= 0.6 is 0 Å². The number of carbonyl (C=O) groups excluding carboxylic acids is 1. The first kappa shape index (κ1) is 10.6. The largest absolute Gasteiger partial charge is 0.465 e. The number of pyridine rings is 1. The predicted molar refractivity (Wildman–Crippen MR) is 62.5 cm³/mol. The number of ether oxygens (including phenoxy) is 1. The van der Waals surface area contributed by atoms with E-state index in [1.54, 1.807) is 0 Å². The number of rotatable bonds is 2. The molecular formula is C13H13NO2. The van der Waals surface area contributed by atoms with Gasteiger partial charge in [0.2, 0.25) is 0 Å². The van der Waals surface area contributed by atoms with Gasteiger partial charge in [0.15, 0.2) is 0 Å². The summed E-state index contributed by atoms with van der Waals surface area (Å²) in [6.45, 7) is 1.98. The molecule has 1 aromatic carbocycles. The van der Waals surface area contributed by atoms with Crippen LogP contribution in [0.4, 0.5) is 0 Å². The van der Waals surface area contributed by atoms with E-state index < -0.39 is 0 Å². The number of hydrogen-bond acceptors (Lipinski definition) is 3. The molecule has 0 amide bonds. The van der Waals surface area contributed by atoms with Gasteiger partial charge in [-0.05, 0) is 18.6 Å². The molecule has 82 valence electrons. The Morgan fingerprint density at radius 3 is 2.81 bits per heavy atom. The molecule has 0 saturated carbocycles. The summed E-state index contributed by atoms with van der Waals surface area (Å²) in [6.07, 6.45) is 0.718. The number of carbonyl (C=O) groups is 1. The fourth-order valence-electron chi connectivity index (χ4n) is 1.71. The number of para-hydroxylation sites is 1. The maximum atomic E-state index is 11.6. The van der Waals surface area contributed by atoms with Crippen molar-refractivity contribution >= 4 is 16.9 Å². The molecule has 3 heteroatoms. The van der Waals surface area contributed by atoms with Gasteiger partial charge in [-0.1, -0.05) is 25.1 Å². The Morgan fingerprint density at radius 1 is 1.38 bits per heavy atom. The highest BCUT2D eigenvalue weighted by Crippen LogP contribution is 2.17. The maximum Gasteiger partial charge on any atom is 0.339 e. The van der Waals surface area contributed by atoms with Gasteiger partial charge >= 0.3 is 5.97 Å². The fourth-order valence-corrected chi connectivity index (χ4v) is 1.71. The van der Waals surface area contributed by atoms with Crippen LogP contribution in [0.3, 0.4) is 0 Å². The molecule has 0 fully saturated rings. The molecule has 3 nitrogen and oxygen atoms in total. The number of aryl methyl sites for hydroxylation is 1. The van der Waals surface area contributed by atoms with Crippen molar-refractivity contribution in [3.05, 3.63) is 41.6 Å². The number of methoxy groups -OCH3 is 1. The van der Waals surface area contributed by atoms with Crippen LogP contribution in [0.2, 0.25) is 0 Å². The summed E-state index contributed by atoms with van der Waals surface area (Å²) in [5.41, 5.74) is 2.25. The second-order valence-corrected chi connectivity index (χ2v) is 3.52. The third-order valence-electron chi connectivity index (χ3n) is 2.54. The van der Waals surface area contributed by atoms with Gasteiger partial charge in [0.05, 0.1) is 23.9 Å². The van der Waals surface area contributed by atoms with Crippen molar-refractivity contribution in [1.82, 2.24) is 4.98 Å². The number of hydrogen-bond donors (Lipinski definition) is 0. The summed E-state index contributed by atoms with van der Waals surface area (Å²) in [4.78, 5) is 16.0. The minimum absolute atomic E-state index is 0.324. The van der Waals surface area contributed by atoms with Gasteiger partial charge in [0.1, 0.15) is 0 Å². The van der Waals surface area contributed by atoms with Gasteiger partial charge in [-0.25, -0.2) is 4.79 Å². The van der Waals surface area contributed by atoms with E-state index in [1.807, 2.05) is 37.3 Å². The van der Waals surface area contributed by atoms with Crippen LogP contribution in [0, 0.1) is 0 Å². The number of benzene rings is 1. The molecule has 0 aliphatic rings. The zero-order valence-corrected chi connectivity index (χ0v) is 9.36. The van der Waals surface area contributed by atoms with Crippen LogP contribution in [-0.4, -0.2) is 18.1 Å². The zero-order chi connectivity index (χ0) is 11.5. The minimum Gasteiger partial charge on any atom is -0.465 e. The zero-order valence-electron chi connectivity index (χ0n) is 9.36. The Labute approximate surface area is 94.1 Å². The molecule has 0 aliphatic heterocycles. The van der Waals surface area contributed by atoms with E-state index in [1.165, 1.54) is 7.11 Å². The average molecular weight is 215 g/mol. The number of nitrogens with zero attached hydrogens (tertiary/aromatic N) is 1. The van der Waals surface area contributed by atoms with Gasteiger partial charge in [-0.3, -0.25) is 4.98 Å². The van der Waals surface area contributed by atoms with Crippen molar-refractivity contribution < 1.29 is 9.53 Å². The van der Waals surface area contributed by atoms with Gasteiger partial charge in [0.25, 0.3) is 0 Å². The standard InChI is InChI=1S/C13H13NO2/c1-3-11-10(13(15)16-2)8-9-6-4-5-7-12(9)14-11/h4-8H,3H2,1-2H3. The molecule has 0 N–H and O–H groups in total. The van der Waals surface area contributed by atoms with Crippen LogP contribution in [0.15, 0.2) is 30.3 Å². The van der Waals surface area contributed by atoms with Gasteiger partial charge < -0.3 is 4.74 Å². The highest BCUT2D eigenvalue weighted by atomic mass is 16.5. The summed E-state index contributed by atoms with van der Waals surface area (Å²) >= 11 is 0. The van der Waals surface area contributed by atoms with Gasteiger partial charge in [-0.2, -0.15) is 0 Å². The topological polar surface area (TPSA) is 39.2 Å². The SMILES string of the molecule is CCc1nc2ccccc2cc1C(=O)OC. The summed E-state index contributed by atoms with van der Waals surface area (Å²) in [5.74, 6) is -0.324. The quantitative estimate of drug-likeness (QED) is 0.723. The van der Waals surface area contributed by atoms with E-state index >= 15 is 0 Å². The predicted octanol–water partition coefficient (Wildman–Crippen LogP) is 2.58. The second-order valence-electron chi connectivity index (χ2n) is 3.52. The third-order valence-corrected chi connectivity index (χ3v) is 2.54. The van der Waals surface area contributed by atoms with Crippen LogP contribution in [0.5, 0.6) is 0 Å². The van der Waals surface area contributed by atoms with Crippen molar-refractivity contribution in [2.45, 2.75) is 13.3 Å². The first-order valence-corrected chi connectivity index (χ1v) is 5.23. The Bertz CT molecular complexity index is 534. The van der Waals surface area contributed by atoms with Crippen LogP contribution in [0.25, 0.3) is 10.9 Å². The van der Waals surface area contributed by atoms with E-state index in [2.05, 4.69) is 4.98 Å². The van der Waals surface area contributed by atoms with Crippen molar-refractivity contribution in [3.8, 4) is 0 Å². The number of aromatic nitrogens is 1. The fraction of sp³-hybridized carbons (Fsp3) is 0.231. The molecule has 0 saturated heterocycles. The van der Waals surface area contributed by atoms with Crippen LogP contribution in [0.1, 0.15) is 23.0 Å². The molecule has 0 radical (unpaired) electrons. The molecule has 0 unspecified atom stereocenters. The second kappa shape index (κ2) is 4.31. The lowest BCUT2D eigenvalue weighted by Crippen LogP contribution is -2.07. The molecule has 0 aliphatic carbocycles.